The predicted molar refractivity (Wildman–Crippen MR) is 98.1 cm³/mol. The number of hydrogen-bond acceptors (Lipinski definition) is 5. The van der Waals surface area contributed by atoms with Crippen LogP contribution in [-0.4, -0.2) is 52.4 Å². The van der Waals surface area contributed by atoms with Gasteiger partial charge in [0.1, 0.15) is 0 Å². The molecule has 2 aromatic rings. The zero-order chi connectivity index (χ0) is 20.1. The number of ether oxygens (including phenoxy) is 2. The molecule has 1 N–H and O–H groups in total. The van der Waals surface area contributed by atoms with Crippen LogP contribution in [0.25, 0.3) is 0 Å². The summed E-state index contributed by atoms with van der Waals surface area (Å²) in [6.45, 7) is 0.209. The van der Waals surface area contributed by atoms with Gasteiger partial charge in [-0.05, 0) is 11.1 Å². The highest BCUT2D eigenvalue weighted by atomic mass is 16.7. The Kier molecular flexibility index (Phi) is 5.78. The van der Waals surface area contributed by atoms with Gasteiger partial charge in [0.15, 0.2) is 6.04 Å². The Morgan fingerprint density at radius 1 is 0.929 bits per heavy atom. The van der Waals surface area contributed by atoms with E-state index in [1.165, 1.54) is 16.9 Å². The first-order valence-corrected chi connectivity index (χ1v) is 8.63. The molecule has 2 aromatic carbocycles. The molecule has 1 aliphatic rings. The lowest BCUT2D eigenvalue weighted by atomic mass is 10.1. The number of carboxylic acid groups (broad SMARTS) is 1. The van der Waals surface area contributed by atoms with Gasteiger partial charge in [-0.15, -0.1) is 0 Å². The van der Waals surface area contributed by atoms with E-state index in [1.807, 2.05) is 48.5 Å². The Morgan fingerprint density at radius 3 is 1.89 bits per heavy atom. The van der Waals surface area contributed by atoms with E-state index in [4.69, 9.17) is 14.6 Å². The van der Waals surface area contributed by atoms with E-state index in [1.54, 1.807) is 12.1 Å². The summed E-state index contributed by atoms with van der Waals surface area (Å²) in [5.74, 6) is -0.744. The first-order chi connectivity index (χ1) is 13.5. The molecule has 1 fully saturated rings. The van der Waals surface area contributed by atoms with Crippen LogP contribution in [-0.2, 0) is 27.4 Å². The molecular formula is C20H20N2O6. The van der Waals surface area contributed by atoms with E-state index >= 15 is 0 Å². The van der Waals surface area contributed by atoms with Crippen LogP contribution in [0.1, 0.15) is 11.1 Å². The zero-order valence-corrected chi connectivity index (χ0v) is 15.2. The van der Waals surface area contributed by atoms with Crippen molar-refractivity contribution >= 4 is 18.2 Å². The summed E-state index contributed by atoms with van der Waals surface area (Å²) in [4.78, 5) is 39.3. The first-order valence-electron chi connectivity index (χ1n) is 8.63. The maximum atomic E-state index is 13.1. The Hall–Kier alpha value is -3.55. The lowest BCUT2D eigenvalue weighted by molar-refractivity contribution is -0.150. The molecule has 0 spiro atoms. The van der Waals surface area contributed by atoms with Crippen molar-refractivity contribution in [3.8, 4) is 0 Å². The number of urea groups is 1. The first kappa shape index (κ1) is 19.2. The van der Waals surface area contributed by atoms with Gasteiger partial charge in [-0.3, -0.25) is 4.90 Å². The van der Waals surface area contributed by atoms with Crippen molar-refractivity contribution in [2.45, 2.75) is 25.4 Å². The number of carbonyl (C=O) groups excluding carboxylic acids is 2. The van der Waals surface area contributed by atoms with Crippen molar-refractivity contribution in [2.24, 2.45) is 0 Å². The topological polar surface area (TPSA) is 96.4 Å². The van der Waals surface area contributed by atoms with E-state index in [0.29, 0.717) is 0 Å². The molecule has 0 aromatic heterocycles. The quantitative estimate of drug-likeness (QED) is 0.769. The number of rotatable bonds is 6. The fraction of sp³-hybridized carbons (Fsp3) is 0.250. The van der Waals surface area contributed by atoms with Gasteiger partial charge in [-0.25, -0.2) is 14.4 Å². The number of benzene rings is 2. The van der Waals surface area contributed by atoms with Crippen LogP contribution >= 0.6 is 0 Å². The van der Waals surface area contributed by atoms with Gasteiger partial charge in [0.25, 0.3) is 0 Å². The molecule has 1 heterocycles. The maximum Gasteiger partial charge on any atom is 0.507 e. The molecule has 1 saturated heterocycles. The van der Waals surface area contributed by atoms with Crippen molar-refractivity contribution in [1.82, 2.24) is 9.80 Å². The van der Waals surface area contributed by atoms with Gasteiger partial charge in [0, 0.05) is 6.54 Å². The molecular weight excluding hydrogens is 364 g/mol. The number of nitrogens with zero attached hydrogens (tertiary/aromatic N) is 2. The third-order valence-electron chi connectivity index (χ3n) is 4.46. The van der Waals surface area contributed by atoms with Crippen LogP contribution in [0.4, 0.5) is 9.59 Å². The average molecular weight is 384 g/mol. The second-order valence-electron chi connectivity index (χ2n) is 6.25. The van der Waals surface area contributed by atoms with Crippen molar-refractivity contribution in [3.05, 3.63) is 71.8 Å². The molecule has 0 saturated carbocycles. The maximum absolute atomic E-state index is 13.1. The number of amides is 2. The molecule has 8 heteroatoms. The van der Waals surface area contributed by atoms with E-state index in [2.05, 4.69) is 0 Å². The van der Waals surface area contributed by atoms with Crippen LogP contribution in [0.15, 0.2) is 60.7 Å². The molecule has 0 unspecified atom stereocenters. The summed E-state index contributed by atoms with van der Waals surface area (Å²) < 4.78 is 9.78. The summed E-state index contributed by atoms with van der Waals surface area (Å²) in [5, 5.41) is 9.16. The highest BCUT2D eigenvalue weighted by molar-refractivity contribution is 5.88. The molecule has 146 valence electrons. The van der Waals surface area contributed by atoms with Crippen molar-refractivity contribution in [3.63, 3.8) is 0 Å². The minimum atomic E-state index is -1.58. The van der Waals surface area contributed by atoms with Gasteiger partial charge in [-0.1, -0.05) is 60.7 Å². The molecule has 28 heavy (non-hydrogen) atoms. The molecule has 1 aliphatic heterocycles. The van der Waals surface area contributed by atoms with Gasteiger partial charge >= 0.3 is 18.2 Å². The number of carbonyl (C=O) groups is 3. The summed E-state index contributed by atoms with van der Waals surface area (Å²) in [6.07, 6.45) is -2.90. The standard InChI is InChI=1S/C20H20N2O6/c1-27-18(23)16-17(28-20(25)26)22(13-15-10-6-3-7-11-15)19(24)21(16)12-14-8-4-2-5-9-14/h2-11,16-17H,12-13H2,1H3,(H,25,26)/t16-,17-/m1/s1. The lowest BCUT2D eigenvalue weighted by Crippen LogP contribution is -2.46. The molecule has 8 nitrogen and oxygen atoms in total. The van der Waals surface area contributed by atoms with Gasteiger partial charge in [0.2, 0.25) is 6.23 Å². The van der Waals surface area contributed by atoms with Crippen molar-refractivity contribution in [2.75, 3.05) is 7.11 Å². The monoisotopic (exact) mass is 384 g/mol. The van der Waals surface area contributed by atoms with Crippen LogP contribution < -0.4 is 0 Å². The molecule has 0 aliphatic carbocycles. The summed E-state index contributed by atoms with van der Waals surface area (Å²) in [6, 6.07) is 16.4. The Bertz CT molecular complexity index is 842. The lowest BCUT2D eigenvalue weighted by Gasteiger charge is -2.24. The molecule has 2 amide bonds. The third-order valence-corrected chi connectivity index (χ3v) is 4.46. The fourth-order valence-electron chi connectivity index (χ4n) is 3.20. The Labute approximate surface area is 161 Å². The third kappa shape index (κ3) is 4.06. The SMILES string of the molecule is COC(=O)[C@H]1[C@@H](OC(=O)O)N(Cc2ccccc2)C(=O)N1Cc1ccccc1. The van der Waals surface area contributed by atoms with E-state index in [9.17, 15) is 14.4 Å². The minimum absolute atomic E-state index is 0.0937. The van der Waals surface area contributed by atoms with E-state index in [-0.39, 0.29) is 13.1 Å². The second kappa shape index (κ2) is 8.43. The molecule has 0 bridgehead atoms. The summed E-state index contributed by atoms with van der Waals surface area (Å²) in [5.41, 5.74) is 1.57. The molecule has 2 atom stereocenters. The van der Waals surface area contributed by atoms with E-state index < -0.39 is 30.4 Å². The Morgan fingerprint density at radius 2 is 1.43 bits per heavy atom. The molecule has 3 rings (SSSR count). The Balaban J connectivity index is 1.96. The number of hydrogen-bond donors (Lipinski definition) is 1. The van der Waals surface area contributed by atoms with Gasteiger partial charge in [-0.2, -0.15) is 0 Å². The van der Waals surface area contributed by atoms with Crippen LogP contribution in [0.5, 0.6) is 0 Å². The highest BCUT2D eigenvalue weighted by Gasteiger charge is 2.52. The molecule has 0 radical (unpaired) electrons. The van der Waals surface area contributed by atoms with Crippen LogP contribution in [0.3, 0.4) is 0 Å². The number of esters is 1. The average Bonchev–Trinajstić information content (AvgIpc) is 2.94. The van der Waals surface area contributed by atoms with Crippen molar-refractivity contribution < 1.29 is 29.0 Å². The fourth-order valence-corrected chi connectivity index (χ4v) is 3.20. The van der Waals surface area contributed by atoms with Crippen LogP contribution in [0, 0.1) is 0 Å². The number of methoxy groups -OCH3 is 1. The van der Waals surface area contributed by atoms with Gasteiger partial charge in [0.05, 0.1) is 13.7 Å². The minimum Gasteiger partial charge on any atom is -0.467 e. The second-order valence-corrected chi connectivity index (χ2v) is 6.25. The zero-order valence-electron chi connectivity index (χ0n) is 15.2. The highest BCUT2D eigenvalue weighted by Crippen LogP contribution is 2.29. The van der Waals surface area contributed by atoms with Crippen molar-refractivity contribution in [1.29, 1.82) is 0 Å². The summed E-state index contributed by atoms with van der Waals surface area (Å²) >= 11 is 0. The van der Waals surface area contributed by atoms with Gasteiger partial charge < -0.3 is 19.5 Å². The van der Waals surface area contributed by atoms with E-state index in [0.717, 1.165) is 11.1 Å². The smallest absolute Gasteiger partial charge is 0.467 e. The largest absolute Gasteiger partial charge is 0.507 e. The predicted octanol–water partition coefficient (Wildman–Crippen LogP) is 2.69. The summed E-state index contributed by atoms with van der Waals surface area (Å²) in [7, 11) is 1.19. The van der Waals surface area contributed by atoms with Crippen LogP contribution in [0.2, 0.25) is 0 Å². The normalized spacial score (nSPS) is 18.8.